The topological polar surface area (TPSA) is 53.6 Å². The Labute approximate surface area is 151 Å². The maximum atomic E-state index is 12.5. The summed E-state index contributed by atoms with van der Waals surface area (Å²) in [6, 6.07) is 10.9. The van der Waals surface area contributed by atoms with Crippen molar-refractivity contribution in [1.82, 2.24) is 15.5 Å². The second kappa shape index (κ2) is 9.32. The summed E-state index contributed by atoms with van der Waals surface area (Å²) in [5, 5.41) is 6.71. The molecule has 0 aliphatic carbocycles. The third kappa shape index (κ3) is 5.53. The Hall–Kier alpha value is -1.43. The Balaban J connectivity index is 1.42. The minimum atomic E-state index is -0.0808. The molecule has 3 rings (SSSR count). The number of amides is 1. The van der Waals surface area contributed by atoms with E-state index in [0.29, 0.717) is 12.6 Å². The third-order valence-electron chi connectivity index (χ3n) is 5.35. The first kappa shape index (κ1) is 18.4. The molecule has 0 aromatic heterocycles. The monoisotopic (exact) mass is 345 g/mol. The van der Waals surface area contributed by atoms with Crippen molar-refractivity contribution in [3.63, 3.8) is 0 Å². The zero-order valence-electron chi connectivity index (χ0n) is 15.2. The molecule has 0 saturated carbocycles. The molecule has 3 atom stereocenters. The van der Waals surface area contributed by atoms with Gasteiger partial charge in [0, 0.05) is 32.3 Å². The summed E-state index contributed by atoms with van der Waals surface area (Å²) in [7, 11) is 0. The predicted octanol–water partition coefficient (Wildman–Crippen LogP) is 1.92. The van der Waals surface area contributed by atoms with Gasteiger partial charge in [0.05, 0.1) is 12.1 Å². The lowest BCUT2D eigenvalue weighted by molar-refractivity contribution is -0.126. The van der Waals surface area contributed by atoms with Crippen molar-refractivity contribution in [3.8, 4) is 0 Å². The lowest BCUT2D eigenvalue weighted by atomic mass is 10.0. The highest BCUT2D eigenvalue weighted by Crippen LogP contribution is 2.15. The summed E-state index contributed by atoms with van der Waals surface area (Å²) in [5.41, 5.74) is 1.31. The van der Waals surface area contributed by atoms with Crippen LogP contribution in [0.4, 0.5) is 0 Å². The summed E-state index contributed by atoms with van der Waals surface area (Å²) in [6.45, 7) is 6.31. The van der Waals surface area contributed by atoms with Gasteiger partial charge in [-0.15, -0.1) is 0 Å². The lowest BCUT2D eigenvalue weighted by Crippen LogP contribution is -2.53. The predicted molar refractivity (Wildman–Crippen MR) is 99.3 cm³/mol. The van der Waals surface area contributed by atoms with Gasteiger partial charge >= 0.3 is 0 Å². The molecule has 1 amide bonds. The fourth-order valence-electron chi connectivity index (χ4n) is 3.72. The fourth-order valence-corrected chi connectivity index (χ4v) is 3.72. The van der Waals surface area contributed by atoms with Gasteiger partial charge in [0.1, 0.15) is 0 Å². The number of ether oxygens (including phenoxy) is 1. The van der Waals surface area contributed by atoms with E-state index in [1.54, 1.807) is 0 Å². The maximum absolute atomic E-state index is 12.5. The Morgan fingerprint density at radius 1 is 1.28 bits per heavy atom. The molecule has 5 heteroatoms. The van der Waals surface area contributed by atoms with Crippen LogP contribution in [0.2, 0.25) is 0 Å². The number of carbonyl (C=O) groups is 1. The van der Waals surface area contributed by atoms with Gasteiger partial charge in [-0.05, 0) is 44.7 Å². The second-order valence-corrected chi connectivity index (χ2v) is 7.26. The van der Waals surface area contributed by atoms with Gasteiger partial charge in [0.25, 0.3) is 0 Å². The van der Waals surface area contributed by atoms with Crippen LogP contribution in [0.5, 0.6) is 0 Å². The number of carbonyl (C=O) groups excluding carboxylic acids is 1. The molecule has 2 N–H and O–H groups in total. The van der Waals surface area contributed by atoms with Crippen LogP contribution in [0.3, 0.4) is 0 Å². The Kier molecular flexibility index (Phi) is 6.84. The van der Waals surface area contributed by atoms with E-state index in [1.807, 2.05) is 13.0 Å². The minimum absolute atomic E-state index is 0.0808. The van der Waals surface area contributed by atoms with Gasteiger partial charge in [-0.1, -0.05) is 30.3 Å². The highest BCUT2D eigenvalue weighted by Gasteiger charge is 2.27. The summed E-state index contributed by atoms with van der Waals surface area (Å²) >= 11 is 0. The molecule has 1 aromatic carbocycles. The van der Waals surface area contributed by atoms with Gasteiger partial charge in [-0.2, -0.15) is 0 Å². The lowest BCUT2D eigenvalue weighted by Gasteiger charge is -2.36. The molecule has 0 bridgehead atoms. The van der Waals surface area contributed by atoms with Crippen molar-refractivity contribution < 1.29 is 9.53 Å². The minimum Gasteiger partial charge on any atom is -0.376 e. The number of likely N-dealkylation sites (tertiary alicyclic amines) is 1. The van der Waals surface area contributed by atoms with E-state index >= 15 is 0 Å². The highest BCUT2D eigenvalue weighted by atomic mass is 16.5. The number of hydrogen-bond donors (Lipinski definition) is 2. The number of rotatable bonds is 7. The van der Waals surface area contributed by atoms with E-state index in [1.165, 1.54) is 12.0 Å². The van der Waals surface area contributed by atoms with E-state index in [4.69, 9.17) is 4.74 Å². The molecule has 2 saturated heterocycles. The number of hydrogen-bond acceptors (Lipinski definition) is 4. The summed E-state index contributed by atoms with van der Waals surface area (Å²) in [4.78, 5) is 14.8. The normalized spacial score (nSPS) is 25.6. The standard InChI is InChI=1S/C20H31N3O2/c1-16(20(24)22-14-19-10-6-12-25-19)23-11-5-9-18(15-23)21-13-17-7-3-2-4-8-17/h2-4,7-8,16,18-19,21H,5-6,9-15H2,1H3,(H,22,24)/t16-,18+,19+/m1/s1. The second-order valence-electron chi connectivity index (χ2n) is 7.26. The van der Waals surface area contributed by atoms with Gasteiger partial charge < -0.3 is 15.4 Å². The van der Waals surface area contributed by atoms with Crippen molar-refractivity contribution in [2.24, 2.45) is 0 Å². The van der Waals surface area contributed by atoms with Gasteiger partial charge in [-0.25, -0.2) is 0 Å². The van der Waals surface area contributed by atoms with Crippen molar-refractivity contribution in [2.45, 2.75) is 57.3 Å². The molecule has 2 aliphatic rings. The molecule has 0 spiro atoms. The van der Waals surface area contributed by atoms with Crippen LogP contribution < -0.4 is 10.6 Å². The van der Waals surface area contributed by atoms with E-state index in [2.05, 4.69) is 39.8 Å². The number of nitrogens with zero attached hydrogens (tertiary/aromatic N) is 1. The van der Waals surface area contributed by atoms with Gasteiger partial charge in [0.15, 0.2) is 0 Å². The molecule has 2 heterocycles. The van der Waals surface area contributed by atoms with Crippen molar-refractivity contribution in [1.29, 1.82) is 0 Å². The summed E-state index contributed by atoms with van der Waals surface area (Å²) in [5.74, 6) is 0.124. The summed E-state index contributed by atoms with van der Waals surface area (Å²) < 4.78 is 5.58. The number of nitrogens with one attached hydrogen (secondary N) is 2. The molecular weight excluding hydrogens is 314 g/mol. The van der Waals surface area contributed by atoms with Crippen LogP contribution in [0.25, 0.3) is 0 Å². The van der Waals surface area contributed by atoms with Crippen LogP contribution in [-0.2, 0) is 16.1 Å². The molecule has 5 nitrogen and oxygen atoms in total. The smallest absolute Gasteiger partial charge is 0.237 e. The van der Waals surface area contributed by atoms with Gasteiger partial charge in [-0.3, -0.25) is 9.69 Å². The molecule has 0 radical (unpaired) electrons. The molecule has 25 heavy (non-hydrogen) atoms. The van der Waals surface area contributed by atoms with Crippen molar-refractivity contribution >= 4 is 5.91 Å². The molecule has 138 valence electrons. The first-order valence-corrected chi connectivity index (χ1v) is 9.63. The van der Waals surface area contributed by atoms with Crippen molar-refractivity contribution in [2.75, 3.05) is 26.2 Å². The Morgan fingerprint density at radius 3 is 2.88 bits per heavy atom. The van der Waals surface area contributed by atoms with Crippen molar-refractivity contribution in [3.05, 3.63) is 35.9 Å². The quantitative estimate of drug-likeness (QED) is 0.793. The summed E-state index contributed by atoms with van der Waals surface area (Å²) in [6.07, 6.45) is 4.68. The number of benzene rings is 1. The zero-order valence-corrected chi connectivity index (χ0v) is 15.2. The van der Waals surface area contributed by atoms with Crippen LogP contribution in [-0.4, -0.2) is 55.2 Å². The molecule has 2 fully saturated rings. The highest BCUT2D eigenvalue weighted by molar-refractivity contribution is 5.81. The van der Waals surface area contributed by atoms with E-state index in [0.717, 1.165) is 45.5 Å². The first-order chi connectivity index (χ1) is 12.2. The van der Waals surface area contributed by atoms with Crippen LogP contribution in [0.15, 0.2) is 30.3 Å². The molecular formula is C20H31N3O2. The van der Waals surface area contributed by atoms with Crippen LogP contribution >= 0.6 is 0 Å². The zero-order chi connectivity index (χ0) is 17.5. The van der Waals surface area contributed by atoms with Gasteiger partial charge in [0.2, 0.25) is 5.91 Å². The average Bonchev–Trinajstić information content (AvgIpc) is 3.18. The van der Waals surface area contributed by atoms with E-state index in [9.17, 15) is 4.79 Å². The maximum Gasteiger partial charge on any atom is 0.237 e. The van der Waals surface area contributed by atoms with Crippen LogP contribution in [0, 0.1) is 0 Å². The van der Waals surface area contributed by atoms with E-state index in [-0.39, 0.29) is 18.1 Å². The SMILES string of the molecule is C[C@H](C(=O)NC[C@@H]1CCCO1)N1CCC[C@H](NCc2ccccc2)C1. The largest absolute Gasteiger partial charge is 0.376 e. The number of piperidine rings is 1. The molecule has 0 unspecified atom stereocenters. The third-order valence-corrected chi connectivity index (χ3v) is 5.35. The van der Waals surface area contributed by atoms with E-state index < -0.39 is 0 Å². The molecule has 2 aliphatic heterocycles. The Bertz CT molecular complexity index is 531. The fraction of sp³-hybridized carbons (Fsp3) is 0.650. The average molecular weight is 345 g/mol. The first-order valence-electron chi connectivity index (χ1n) is 9.63. The molecule has 1 aromatic rings. The Morgan fingerprint density at radius 2 is 2.12 bits per heavy atom. The van der Waals surface area contributed by atoms with Crippen LogP contribution in [0.1, 0.15) is 38.2 Å².